The van der Waals surface area contributed by atoms with Gasteiger partial charge in [0.25, 0.3) is 5.91 Å². The molecule has 0 spiro atoms. The quantitative estimate of drug-likeness (QED) is 0.740. The van der Waals surface area contributed by atoms with Gasteiger partial charge in [-0.3, -0.25) is 14.2 Å². The number of pyridine rings is 1. The molecule has 1 amide bonds. The number of nitrogens with zero attached hydrogens (tertiary/aromatic N) is 3. The van der Waals surface area contributed by atoms with Crippen LogP contribution in [0.3, 0.4) is 0 Å². The Labute approximate surface area is 144 Å². The fourth-order valence-corrected chi connectivity index (χ4v) is 2.44. The molecule has 0 unspecified atom stereocenters. The van der Waals surface area contributed by atoms with Crippen LogP contribution in [-0.4, -0.2) is 38.1 Å². The number of benzene rings is 1. The van der Waals surface area contributed by atoms with Crippen molar-refractivity contribution in [2.75, 3.05) is 6.54 Å². The molecule has 0 aliphatic heterocycles. The first-order chi connectivity index (χ1) is 12.3. The maximum Gasteiger partial charge on any atom is 0.450 e. The highest BCUT2D eigenvalue weighted by Crippen LogP contribution is 2.34. The van der Waals surface area contributed by atoms with Gasteiger partial charge < -0.3 is 10.4 Å². The zero-order valence-corrected chi connectivity index (χ0v) is 13.0. The molecular weight excluding hydrogens is 353 g/mol. The first-order valence-electron chi connectivity index (χ1n) is 7.29. The summed E-state index contributed by atoms with van der Waals surface area (Å²) in [5, 5.41) is 10.7. The molecule has 0 aliphatic rings. The summed E-state index contributed by atoms with van der Waals surface area (Å²) in [5.74, 6) is -3.43. The second-order valence-corrected chi connectivity index (χ2v) is 5.21. The number of alkyl halides is 3. The Bertz CT molecular complexity index is 984. The molecule has 1 aromatic carbocycles. The van der Waals surface area contributed by atoms with Gasteiger partial charge in [0.05, 0.1) is 5.52 Å². The van der Waals surface area contributed by atoms with Crippen molar-refractivity contribution in [3.05, 3.63) is 54.1 Å². The van der Waals surface area contributed by atoms with Crippen LogP contribution in [0.2, 0.25) is 0 Å². The second kappa shape index (κ2) is 6.47. The molecule has 7 nitrogen and oxygen atoms in total. The van der Waals surface area contributed by atoms with Crippen LogP contribution in [0.4, 0.5) is 13.2 Å². The highest BCUT2D eigenvalue weighted by molar-refractivity contribution is 6.04. The van der Waals surface area contributed by atoms with Gasteiger partial charge in [-0.1, -0.05) is 18.2 Å². The molecule has 0 bridgehead atoms. The predicted molar refractivity (Wildman–Crippen MR) is 83.8 cm³/mol. The number of amides is 1. The number of hydrogen-bond donors (Lipinski definition) is 2. The van der Waals surface area contributed by atoms with Crippen LogP contribution >= 0.6 is 0 Å². The van der Waals surface area contributed by atoms with Crippen LogP contribution < -0.4 is 5.32 Å². The van der Waals surface area contributed by atoms with Crippen molar-refractivity contribution in [2.45, 2.75) is 6.18 Å². The molecule has 3 aromatic rings. The molecule has 0 radical (unpaired) electrons. The molecule has 0 saturated heterocycles. The molecule has 0 atom stereocenters. The van der Waals surface area contributed by atoms with Crippen LogP contribution in [0.1, 0.15) is 16.3 Å². The maximum atomic E-state index is 13.5. The third kappa shape index (κ3) is 3.21. The third-order valence-electron chi connectivity index (χ3n) is 3.46. The summed E-state index contributed by atoms with van der Waals surface area (Å²) < 4.78 is 41.3. The number of aliphatic carboxylic acids is 1. The number of aromatic nitrogens is 3. The lowest BCUT2D eigenvalue weighted by molar-refractivity contribution is -0.145. The number of carboxylic acid groups (broad SMARTS) is 1. The van der Waals surface area contributed by atoms with Crippen molar-refractivity contribution in [1.82, 2.24) is 19.9 Å². The molecule has 134 valence electrons. The summed E-state index contributed by atoms with van der Waals surface area (Å²) in [7, 11) is 0. The highest BCUT2D eigenvalue weighted by Gasteiger charge is 2.39. The van der Waals surface area contributed by atoms with Crippen LogP contribution in [0.5, 0.6) is 0 Å². The maximum absolute atomic E-state index is 13.5. The molecule has 26 heavy (non-hydrogen) atoms. The van der Waals surface area contributed by atoms with Gasteiger partial charge in [-0.2, -0.15) is 13.2 Å². The average molecular weight is 364 g/mol. The lowest BCUT2D eigenvalue weighted by Crippen LogP contribution is -2.30. The van der Waals surface area contributed by atoms with Crippen LogP contribution in [0.25, 0.3) is 16.7 Å². The summed E-state index contributed by atoms with van der Waals surface area (Å²) >= 11 is 0. The number of carboxylic acids is 1. The largest absolute Gasteiger partial charge is 0.480 e. The number of imidazole rings is 1. The Hall–Kier alpha value is -3.43. The van der Waals surface area contributed by atoms with E-state index in [4.69, 9.17) is 5.11 Å². The zero-order valence-electron chi connectivity index (χ0n) is 13.0. The van der Waals surface area contributed by atoms with Crippen LogP contribution in [0.15, 0.2) is 42.6 Å². The molecular formula is C16H11F3N4O3. The van der Waals surface area contributed by atoms with Crippen molar-refractivity contribution < 1.29 is 27.9 Å². The van der Waals surface area contributed by atoms with E-state index in [1.54, 1.807) is 18.2 Å². The van der Waals surface area contributed by atoms with Crippen molar-refractivity contribution in [3.8, 4) is 5.69 Å². The molecule has 10 heteroatoms. The summed E-state index contributed by atoms with van der Waals surface area (Å²) in [5.41, 5.74) is -0.417. The first kappa shape index (κ1) is 17.4. The molecule has 2 heterocycles. The minimum Gasteiger partial charge on any atom is -0.480 e. The zero-order chi connectivity index (χ0) is 18.9. The Kier molecular flexibility index (Phi) is 4.33. The third-order valence-corrected chi connectivity index (χ3v) is 3.46. The smallest absolute Gasteiger partial charge is 0.450 e. The molecule has 2 aromatic heterocycles. The van der Waals surface area contributed by atoms with E-state index in [1.807, 2.05) is 0 Å². The lowest BCUT2D eigenvalue weighted by Gasteiger charge is -2.11. The Morgan fingerprint density at radius 3 is 2.46 bits per heavy atom. The van der Waals surface area contributed by atoms with E-state index >= 15 is 0 Å². The SMILES string of the molecule is O=C(O)CNC(=O)c1nccc2c1nc(C(F)(F)F)n2-c1ccccc1. The van der Waals surface area contributed by atoms with Gasteiger partial charge in [0.15, 0.2) is 5.69 Å². The molecule has 0 aliphatic carbocycles. The van der Waals surface area contributed by atoms with E-state index in [1.165, 1.54) is 24.4 Å². The normalized spacial score (nSPS) is 11.5. The summed E-state index contributed by atoms with van der Waals surface area (Å²) in [6.07, 6.45) is -3.61. The van der Waals surface area contributed by atoms with Crippen molar-refractivity contribution >= 4 is 22.9 Å². The first-order valence-corrected chi connectivity index (χ1v) is 7.29. The molecule has 2 N–H and O–H groups in total. The van der Waals surface area contributed by atoms with Gasteiger partial charge in [0.1, 0.15) is 12.1 Å². The number of halogens is 3. The van der Waals surface area contributed by atoms with Gasteiger partial charge >= 0.3 is 12.1 Å². The minimum absolute atomic E-state index is 0.0269. The monoisotopic (exact) mass is 364 g/mol. The fraction of sp³-hybridized carbons (Fsp3) is 0.125. The van der Waals surface area contributed by atoms with E-state index in [0.29, 0.717) is 0 Å². The summed E-state index contributed by atoms with van der Waals surface area (Å²) in [6.45, 7) is -0.692. The Balaban J connectivity index is 2.22. The number of carbonyl (C=O) groups excluding carboxylic acids is 1. The van der Waals surface area contributed by atoms with Gasteiger partial charge in [-0.05, 0) is 18.2 Å². The minimum atomic E-state index is -4.77. The van der Waals surface area contributed by atoms with Crippen molar-refractivity contribution in [2.24, 2.45) is 0 Å². The molecule has 3 rings (SSSR count). The number of fused-ring (bicyclic) bond motifs is 1. The Morgan fingerprint density at radius 2 is 1.85 bits per heavy atom. The van der Waals surface area contributed by atoms with E-state index < -0.39 is 30.4 Å². The number of carbonyl (C=O) groups is 2. The number of para-hydroxylation sites is 1. The molecule has 0 fully saturated rings. The predicted octanol–water partition coefficient (Wildman–Crippen LogP) is 2.25. The van der Waals surface area contributed by atoms with Crippen LogP contribution in [0, 0.1) is 0 Å². The summed E-state index contributed by atoms with van der Waals surface area (Å²) in [4.78, 5) is 30.0. The van der Waals surface area contributed by atoms with Crippen LogP contribution in [-0.2, 0) is 11.0 Å². The van der Waals surface area contributed by atoms with E-state index in [2.05, 4.69) is 15.3 Å². The number of rotatable bonds is 4. The standard InChI is InChI=1S/C16H11F3N4O3/c17-16(18,19)15-22-12-10(23(15)9-4-2-1-3-5-9)6-7-20-13(12)14(26)21-8-11(24)25/h1-7H,8H2,(H,21,26)(H,24,25). The average Bonchev–Trinajstić information content (AvgIpc) is 3.00. The topological polar surface area (TPSA) is 97.1 Å². The van der Waals surface area contributed by atoms with E-state index in [0.717, 1.165) is 4.57 Å². The summed E-state index contributed by atoms with van der Waals surface area (Å²) in [6, 6.07) is 9.05. The Morgan fingerprint density at radius 1 is 1.15 bits per heavy atom. The van der Waals surface area contributed by atoms with Gasteiger partial charge in [0.2, 0.25) is 5.82 Å². The fourth-order valence-electron chi connectivity index (χ4n) is 2.44. The van der Waals surface area contributed by atoms with E-state index in [-0.39, 0.29) is 22.4 Å². The lowest BCUT2D eigenvalue weighted by atomic mass is 10.2. The van der Waals surface area contributed by atoms with Gasteiger partial charge in [-0.25, -0.2) is 9.97 Å². The number of nitrogens with one attached hydrogen (secondary N) is 1. The van der Waals surface area contributed by atoms with Crippen molar-refractivity contribution in [3.63, 3.8) is 0 Å². The van der Waals surface area contributed by atoms with Gasteiger partial charge in [0, 0.05) is 11.9 Å². The van der Waals surface area contributed by atoms with Crippen molar-refractivity contribution in [1.29, 1.82) is 0 Å². The highest BCUT2D eigenvalue weighted by atomic mass is 19.4. The second-order valence-electron chi connectivity index (χ2n) is 5.21. The molecule has 0 saturated carbocycles. The number of hydrogen-bond acceptors (Lipinski definition) is 4. The van der Waals surface area contributed by atoms with E-state index in [9.17, 15) is 22.8 Å². The van der Waals surface area contributed by atoms with Gasteiger partial charge in [-0.15, -0.1) is 0 Å².